The molecular formula is C16H19N3O2. The Hall–Kier alpha value is -2.27. The number of carbonyl (C=O) groups excluding carboxylic acids is 1. The topological polar surface area (TPSA) is 60.5 Å². The molecule has 2 aromatic rings. The van der Waals surface area contributed by atoms with Gasteiger partial charge in [-0.05, 0) is 11.6 Å². The Kier molecular flexibility index (Phi) is 3.66. The number of benzene rings is 1. The third kappa shape index (κ3) is 2.78. The summed E-state index contributed by atoms with van der Waals surface area (Å²) < 4.78 is 7.56. The predicted molar refractivity (Wildman–Crippen MR) is 80.9 cm³/mol. The second-order valence-corrected chi connectivity index (χ2v) is 5.29. The van der Waals surface area contributed by atoms with Gasteiger partial charge in [-0.15, -0.1) is 0 Å². The zero-order valence-electron chi connectivity index (χ0n) is 12.0. The molecule has 1 saturated heterocycles. The number of hydrogen-bond donors (Lipinski definition) is 1. The molecule has 0 bridgehead atoms. The number of nitrogen functional groups attached to an aromatic ring is 1. The van der Waals surface area contributed by atoms with Crippen molar-refractivity contribution in [3.63, 3.8) is 0 Å². The first-order valence-corrected chi connectivity index (χ1v) is 7.03. The second kappa shape index (κ2) is 5.61. The number of carbonyl (C=O) groups is 1. The maximum absolute atomic E-state index is 12.6. The van der Waals surface area contributed by atoms with Crippen molar-refractivity contribution in [2.75, 3.05) is 25.4 Å². The van der Waals surface area contributed by atoms with Crippen LogP contribution in [0.15, 0.2) is 42.6 Å². The van der Waals surface area contributed by atoms with Crippen LogP contribution in [0.1, 0.15) is 22.2 Å². The van der Waals surface area contributed by atoms with Crippen molar-refractivity contribution < 1.29 is 9.53 Å². The Morgan fingerprint density at radius 1 is 1.33 bits per heavy atom. The fourth-order valence-corrected chi connectivity index (χ4v) is 2.67. The largest absolute Gasteiger partial charge is 0.397 e. The Morgan fingerprint density at radius 3 is 2.76 bits per heavy atom. The SMILES string of the molecule is Cn1cc(N)cc1C(=O)N1CCOC(c2ccccc2)C1. The Morgan fingerprint density at radius 2 is 2.10 bits per heavy atom. The zero-order chi connectivity index (χ0) is 14.8. The summed E-state index contributed by atoms with van der Waals surface area (Å²) in [7, 11) is 1.83. The van der Waals surface area contributed by atoms with Crippen LogP contribution < -0.4 is 5.73 Å². The molecule has 5 nitrogen and oxygen atoms in total. The van der Waals surface area contributed by atoms with E-state index in [-0.39, 0.29) is 12.0 Å². The van der Waals surface area contributed by atoms with E-state index in [0.717, 1.165) is 5.56 Å². The van der Waals surface area contributed by atoms with Gasteiger partial charge in [0.15, 0.2) is 0 Å². The summed E-state index contributed by atoms with van der Waals surface area (Å²) in [5.41, 5.74) is 8.06. The average Bonchev–Trinajstić information content (AvgIpc) is 2.86. The summed E-state index contributed by atoms with van der Waals surface area (Å²) in [5.74, 6) is -0.00145. The van der Waals surface area contributed by atoms with Gasteiger partial charge < -0.3 is 19.9 Å². The van der Waals surface area contributed by atoms with Crippen LogP contribution in [-0.4, -0.2) is 35.1 Å². The van der Waals surface area contributed by atoms with E-state index >= 15 is 0 Å². The summed E-state index contributed by atoms with van der Waals surface area (Å²) in [6.07, 6.45) is 1.68. The van der Waals surface area contributed by atoms with Crippen molar-refractivity contribution in [3.05, 3.63) is 53.9 Å². The van der Waals surface area contributed by atoms with E-state index in [1.54, 1.807) is 16.8 Å². The lowest BCUT2D eigenvalue weighted by atomic mass is 10.1. The minimum Gasteiger partial charge on any atom is -0.397 e. The maximum atomic E-state index is 12.6. The molecule has 0 saturated carbocycles. The quantitative estimate of drug-likeness (QED) is 0.915. The minimum absolute atomic E-state index is 0.00145. The van der Waals surface area contributed by atoms with Gasteiger partial charge >= 0.3 is 0 Å². The Labute approximate surface area is 123 Å². The highest BCUT2D eigenvalue weighted by molar-refractivity contribution is 5.93. The molecule has 1 fully saturated rings. The number of aromatic nitrogens is 1. The number of hydrogen-bond acceptors (Lipinski definition) is 3. The molecule has 0 spiro atoms. The molecule has 0 radical (unpaired) electrons. The predicted octanol–water partition coefficient (Wildman–Crippen LogP) is 1.82. The zero-order valence-corrected chi connectivity index (χ0v) is 12.0. The van der Waals surface area contributed by atoms with Crippen molar-refractivity contribution in [2.45, 2.75) is 6.10 Å². The highest BCUT2D eigenvalue weighted by Gasteiger charge is 2.27. The number of ether oxygens (including phenoxy) is 1. The lowest BCUT2D eigenvalue weighted by Gasteiger charge is -2.33. The van der Waals surface area contributed by atoms with Crippen molar-refractivity contribution in [1.82, 2.24) is 9.47 Å². The molecule has 1 aliphatic rings. The van der Waals surface area contributed by atoms with Crippen LogP contribution in [-0.2, 0) is 11.8 Å². The first-order valence-electron chi connectivity index (χ1n) is 7.03. The standard InChI is InChI=1S/C16H19N3O2/c1-18-10-13(17)9-14(18)16(20)19-7-8-21-15(11-19)12-5-3-2-4-6-12/h2-6,9-10,15H,7-8,11,17H2,1H3. The van der Waals surface area contributed by atoms with Crippen molar-refractivity contribution in [3.8, 4) is 0 Å². The van der Waals surface area contributed by atoms with Gasteiger partial charge in [-0.25, -0.2) is 0 Å². The van der Waals surface area contributed by atoms with Crippen molar-refractivity contribution >= 4 is 11.6 Å². The molecule has 1 amide bonds. The lowest BCUT2D eigenvalue weighted by molar-refractivity contribution is -0.0231. The summed E-state index contributed by atoms with van der Waals surface area (Å²) in [6.45, 7) is 1.71. The first-order chi connectivity index (χ1) is 10.1. The maximum Gasteiger partial charge on any atom is 0.270 e. The molecule has 1 aliphatic heterocycles. The third-order valence-corrected chi connectivity index (χ3v) is 3.77. The van der Waals surface area contributed by atoms with Gasteiger partial charge in [-0.3, -0.25) is 4.79 Å². The van der Waals surface area contributed by atoms with Gasteiger partial charge in [-0.1, -0.05) is 30.3 Å². The minimum atomic E-state index is -0.0680. The summed E-state index contributed by atoms with van der Waals surface area (Å²) >= 11 is 0. The van der Waals surface area contributed by atoms with E-state index in [1.807, 2.05) is 42.3 Å². The summed E-state index contributed by atoms with van der Waals surface area (Å²) in [6, 6.07) is 11.7. The second-order valence-electron chi connectivity index (χ2n) is 5.29. The van der Waals surface area contributed by atoms with E-state index in [1.165, 1.54) is 0 Å². The average molecular weight is 285 g/mol. The number of amides is 1. The lowest BCUT2D eigenvalue weighted by Crippen LogP contribution is -2.42. The fourth-order valence-electron chi connectivity index (χ4n) is 2.67. The van der Waals surface area contributed by atoms with Crippen LogP contribution >= 0.6 is 0 Å². The molecular weight excluding hydrogens is 266 g/mol. The van der Waals surface area contributed by atoms with Crippen LogP contribution in [0.5, 0.6) is 0 Å². The normalized spacial score (nSPS) is 18.7. The smallest absolute Gasteiger partial charge is 0.270 e. The molecule has 5 heteroatoms. The van der Waals surface area contributed by atoms with E-state index in [9.17, 15) is 4.79 Å². The van der Waals surface area contributed by atoms with Gasteiger partial charge in [0.05, 0.1) is 18.8 Å². The van der Waals surface area contributed by atoms with Crippen LogP contribution in [0.4, 0.5) is 5.69 Å². The highest BCUT2D eigenvalue weighted by Crippen LogP contribution is 2.23. The van der Waals surface area contributed by atoms with Gasteiger partial charge in [0, 0.05) is 19.8 Å². The Bertz CT molecular complexity index is 636. The number of nitrogens with zero attached hydrogens (tertiary/aromatic N) is 2. The number of nitrogens with two attached hydrogens (primary N) is 1. The van der Waals surface area contributed by atoms with Crippen LogP contribution in [0, 0.1) is 0 Å². The van der Waals surface area contributed by atoms with E-state index in [2.05, 4.69) is 0 Å². The molecule has 2 N–H and O–H groups in total. The fraction of sp³-hybridized carbons (Fsp3) is 0.312. The Balaban J connectivity index is 1.77. The van der Waals surface area contributed by atoms with Gasteiger partial charge in [0.2, 0.25) is 0 Å². The molecule has 1 atom stereocenters. The number of rotatable bonds is 2. The summed E-state index contributed by atoms with van der Waals surface area (Å²) in [5, 5.41) is 0. The molecule has 2 heterocycles. The van der Waals surface area contributed by atoms with E-state index in [0.29, 0.717) is 31.1 Å². The molecule has 1 unspecified atom stereocenters. The van der Waals surface area contributed by atoms with Gasteiger partial charge in [-0.2, -0.15) is 0 Å². The monoisotopic (exact) mass is 285 g/mol. The van der Waals surface area contributed by atoms with E-state index in [4.69, 9.17) is 10.5 Å². The first kappa shape index (κ1) is 13.7. The van der Waals surface area contributed by atoms with Crippen molar-refractivity contribution in [2.24, 2.45) is 7.05 Å². The van der Waals surface area contributed by atoms with Crippen LogP contribution in [0.25, 0.3) is 0 Å². The number of aryl methyl sites for hydroxylation is 1. The van der Waals surface area contributed by atoms with Gasteiger partial charge in [0.25, 0.3) is 5.91 Å². The number of morpholine rings is 1. The molecule has 3 rings (SSSR count). The molecule has 21 heavy (non-hydrogen) atoms. The van der Waals surface area contributed by atoms with Crippen LogP contribution in [0.3, 0.4) is 0 Å². The molecule has 0 aliphatic carbocycles. The molecule has 1 aromatic carbocycles. The van der Waals surface area contributed by atoms with Crippen molar-refractivity contribution in [1.29, 1.82) is 0 Å². The molecule has 110 valence electrons. The summed E-state index contributed by atoms with van der Waals surface area (Å²) in [4.78, 5) is 14.4. The number of anilines is 1. The van der Waals surface area contributed by atoms with Gasteiger partial charge in [0.1, 0.15) is 11.8 Å². The van der Waals surface area contributed by atoms with Crippen LogP contribution in [0.2, 0.25) is 0 Å². The highest BCUT2D eigenvalue weighted by atomic mass is 16.5. The molecule has 1 aromatic heterocycles. The van der Waals surface area contributed by atoms with E-state index < -0.39 is 0 Å². The third-order valence-electron chi connectivity index (χ3n) is 3.77.